The molecule has 6 nitrogen and oxygen atoms in total. The Kier molecular flexibility index (Phi) is 4.53. The first-order chi connectivity index (χ1) is 8.41. The van der Waals surface area contributed by atoms with Crippen LogP contribution in [0.1, 0.15) is 23.2 Å². The number of hydrogen-bond acceptors (Lipinski definition) is 4. The first-order valence-electron chi connectivity index (χ1n) is 5.41. The second-order valence-electron chi connectivity index (χ2n) is 3.93. The Morgan fingerprint density at radius 1 is 1.28 bits per heavy atom. The highest BCUT2D eigenvalue weighted by atomic mass is 16.4. The molecular formula is C12H15NO5. The van der Waals surface area contributed by atoms with E-state index in [1.54, 1.807) is 0 Å². The molecule has 1 amide bonds. The van der Waals surface area contributed by atoms with E-state index in [2.05, 4.69) is 0 Å². The number of amides is 1. The second kappa shape index (κ2) is 5.90. The highest BCUT2D eigenvalue weighted by molar-refractivity contribution is 5.96. The molecule has 6 heteroatoms. The fourth-order valence-corrected chi connectivity index (χ4v) is 1.48. The number of hydrogen-bond donors (Lipinski definition) is 3. The normalized spacial score (nSPS) is 10.1. The second-order valence-corrected chi connectivity index (χ2v) is 3.93. The molecule has 0 bridgehead atoms. The molecule has 0 heterocycles. The average Bonchev–Trinajstić information content (AvgIpc) is 2.27. The van der Waals surface area contributed by atoms with E-state index in [0.717, 1.165) is 6.07 Å². The van der Waals surface area contributed by atoms with Gasteiger partial charge in [-0.2, -0.15) is 0 Å². The topological polar surface area (TPSA) is 98.1 Å². The number of aliphatic carboxylic acids is 1. The van der Waals surface area contributed by atoms with Crippen molar-refractivity contribution in [1.29, 1.82) is 0 Å². The van der Waals surface area contributed by atoms with Crippen molar-refractivity contribution in [2.75, 3.05) is 13.6 Å². The van der Waals surface area contributed by atoms with Gasteiger partial charge >= 0.3 is 5.97 Å². The summed E-state index contributed by atoms with van der Waals surface area (Å²) in [4.78, 5) is 23.6. The maximum atomic E-state index is 11.9. The van der Waals surface area contributed by atoms with Crippen LogP contribution >= 0.6 is 0 Å². The van der Waals surface area contributed by atoms with E-state index in [-0.39, 0.29) is 30.0 Å². The summed E-state index contributed by atoms with van der Waals surface area (Å²) in [5.41, 5.74) is 0.0747. The zero-order valence-corrected chi connectivity index (χ0v) is 9.96. The number of nitrogens with zero attached hydrogens (tertiary/aromatic N) is 1. The number of phenolic OH excluding ortho intramolecular Hbond substituents is 2. The van der Waals surface area contributed by atoms with Crippen LogP contribution in [-0.4, -0.2) is 45.7 Å². The molecule has 1 aromatic carbocycles. The van der Waals surface area contributed by atoms with Crippen molar-refractivity contribution >= 4 is 11.9 Å². The van der Waals surface area contributed by atoms with Crippen LogP contribution < -0.4 is 0 Å². The van der Waals surface area contributed by atoms with Crippen LogP contribution in [0.5, 0.6) is 11.5 Å². The van der Waals surface area contributed by atoms with Crippen molar-refractivity contribution in [3.05, 3.63) is 23.8 Å². The molecule has 0 saturated carbocycles. The van der Waals surface area contributed by atoms with Gasteiger partial charge in [0, 0.05) is 26.1 Å². The van der Waals surface area contributed by atoms with E-state index in [9.17, 15) is 14.7 Å². The summed E-state index contributed by atoms with van der Waals surface area (Å²) in [5.74, 6) is -1.76. The maximum Gasteiger partial charge on any atom is 0.303 e. The summed E-state index contributed by atoms with van der Waals surface area (Å²) in [7, 11) is 1.52. The highest BCUT2D eigenvalue weighted by Crippen LogP contribution is 2.23. The van der Waals surface area contributed by atoms with Crippen molar-refractivity contribution < 1.29 is 24.9 Å². The maximum absolute atomic E-state index is 11.9. The van der Waals surface area contributed by atoms with Gasteiger partial charge in [0.05, 0.1) is 5.56 Å². The lowest BCUT2D eigenvalue weighted by atomic mass is 10.1. The quantitative estimate of drug-likeness (QED) is 0.728. The van der Waals surface area contributed by atoms with E-state index in [1.807, 2.05) is 0 Å². The summed E-state index contributed by atoms with van der Waals surface area (Å²) >= 11 is 0. The van der Waals surface area contributed by atoms with Crippen LogP contribution in [0.25, 0.3) is 0 Å². The van der Waals surface area contributed by atoms with Gasteiger partial charge in [-0.3, -0.25) is 9.59 Å². The molecule has 3 N–H and O–H groups in total. The van der Waals surface area contributed by atoms with E-state index in [4.69, 9.17) is 10.2 Å². The van der Waals surface area contributed by atoms with Crippen LogP contribution in [0.15, 0.2) is 18.2 Å². The van der Waals surface area contributed by atoms with Gasteiger partial charge in [0.15, 0.2) is 0 Å². The minimum atomic E-state index is -0.914. The van der Waals surface area contributed by atoms with E-state index >= 15 is 0 Å². The molecule has 0 aliphatic carbocycles. The van der Waals surface area contributed by atoms with Gasteiger partial charge in [-0.05, 0) is 18.6 Å². The van der Waals surface area contributed by atoms with Crippen LogP contribution in [0.2, 0.25) is 0 Å². The summed E-state index contributed by atoms with van der Waals surface area (Å²) in [6.07, 6.45) is 0.329. The predicted octanol–water partition coefficient (Wildman–Crippen LogP) is 1.03. The third-order valence-electron chi connectivity index (χ3n) is 2.44. The Labute approximate surface area is 104 Å². The third-order valence-corrected chi connectivity index (χ3v) is 2.44. The van der Waals surface area contributed by atoms with Crippen molar-refractivity contribution in [3.8, 4) is 11.5 Å². The van der Waals surface area contributed by atoms with Gasteiger partial charge < -0.3 is 20.2 Å². The third kappa shape index (κ3) is 3.65. The lowest BCUT2D eigenvalue weighted by Crippen LogP contribution is -2.28. The largest absolute Gasteiger partial charge is 0.508 e. The SMILES string of the molecule is CN(CCCC(=O)O)C(=O)c1ccc(O)cc1O. The van der Waals surface area contributed by atoms with Gasteiger partial charge in [-0.25, -0.2) is 0 Å². The van der Waals surface area contributed by atoms with Crippen LogP contribution in [0.4, 0.5) is 0 Å². The number of carboxylic acid groups (broad SMARTS) is 1. The molecule has 0 spiro atoms. The summed E-state index contributed by atoms with van der Waals surface area (Å²) in [6.45, 7) is 0.283. The van der Waals surface area contributed by atoms with E-state index in [0.29, 0.717) is 6.42 Å². The molecule has 0 radical (unpaired) electrons. The standard InChI is InChI=1S/C12H15NO5/c1-13(6-2-3-11(16)17)12(18)9-5-4-8(14)7-10(9)15/h4-5,7,14-15H,2-3,6H2,1H3,(H,16,17). The molecule has 0 saturated heterocycles. The van der Waals surface area contributed by atoms with Gasteiger partial charge in [0.25, 0.3) is 5.91 Å². The Balaban J connectivity index is 2.65. The summed E-state index contributed by atoms with van der Waals surface area (Å²) < 4.78 is 0. The molecule has 0 unspecified atom stereocenters. The molecule has 0 atom stereocenters. The number of carbonyl (C=O) groups excluding carboxylic acids is 1. The number of carbonyl (C=O) groups is 2. The summed E-state index contributed by atoms with van der Waals surface area (Å²) in [6, 6.07) is 3.71. The minimum Gasteiger partial charge on any atom is -0.508 e. The first kappa shape index (κ1) is 13.8. The van der Waals surface area contributed by atoms with Crippen molar-refractivity contribution in [2.45, 2.75) is 12.8 Å². The molecule has 18 heavy (non-hydrogen) atoms. The fraction of sp³-hybridized carbons (Fsp3) is 0.333. The van der Waals surface area contributed by atoms with E-state index in [1.165, 1.54) is 24.1 Å². The molecule has 0 aliphatic rings. The van der Waals surface area contributed by atoms with Gasteiger partial charge in [0.2, 0.25) is 0 Å². The van der Waals surface area contributed by atoms with Crippen molar-refractivity contribution in [2.24, 2.45) is 0 Å². The minimum absolute atomic E-state index is 0.0147. The Morgan fingerprint density at radius 3 is 2.50 bits per heavy atom. The molecule has 1 rings (SSSR count). The molecule has 0 fully saturated rings. The number of aromatic hydroxyl groups is 2. The number of carboxylic acids is 1. The number of benzene rings is 1. The molecule has 0 aromatic heterocycles. The zero-order chi connectivity index (χ0) is 13.7. The predicted molar refractivity (Wildman–Crippen MR) is 63.6 cm³/mol. The van der Waals surface area contributed by atoms with E-state index < -0.39 is 11.9 Å². The molecule has 0 aliphatic heterocycles. The Hall–Kier alpha value is -2.24. The monoisotopic (exact) mass is 253 g/mol. The average molecular weight is 253 g/mol. The van der Waals surface area contributed by atoms with Gasteiger partial charge in [-0.1, -0.05) is 0 Å². The number of phenols is 2. The van der Waals surface area contributed by atoms with Crippen LogP contribution in [0, 0.1) is 0 Å². The molecular weight excluding hydrogens is 238 g/mol. The lowest BCUT2D eigenvalue weighted by Gasteiger charge is -2.17. The zero-order valence-electron chi connectivity index (χ0n) is 9.96. The smallest absolute Gasteiger partial charge is 0.303 e. The van der Waals surface area contributed by atoms with Gasteiger partial charge in [-0.15, -0.1) is 0 Å². The molecule has 1 aromatic rings. The van der Waals surface area contributed by atoms with Crippen LogP contribution in [-0.2, 0) is 4.79 Å². The Bertz CT molecular complexity index is 458. The first-order valence-corrected chi connectivity index (χ1v) is 5.41. The summed E-state index contributed by atoms with van der Waals surface area (Å²) in [5, 5.41) is 27.1. The van der Waals surface area contributed by atoms with Crippen LogP contribution in [0.3, 0.4) is 0 Å². The Morgan fingerprint density at radius 2 is 1.94 bits per heavy atom. The van der Waals surface area contributed by atoms with Gasteiger partial charge in [0.1, 0.15) is 11.5 Å². The van der Waals surface area contributed by atoms with Crippen molar-refractivity contribution in [3.63, 3.8) is 0 Å². The lowest BCUT2D eigenvalue weighted by molar-refractivity contribution is -0.137. The number of rotatable bonds is 5. The fourth-order valence-electron chi connectivity index (χ4n) is 1.48. The van der Waals surface area contributed by atoms with Crippen molar-refractivity contribution in [1.82, 2.24) is 4.90 Å². The molecule has 98 valence electrons. The highest BCUT2D eigenvalue weighted by Gasteiger charge is 2.16.